The van der Waals surface area contributed by atoms with Crippen LogP contribution in [0.2, 0.25) is 0 Å². The first-order valence-corrected chi connectivity index (χ1v) is 10.6. The number of hydrogen-bond acceptors (Lipinski definition) is 7. The molecular weight excluding hydrogens is 412 g/mol. The molecule has 1 unspecified atom stereocenters. The van der Waals surface area contributed by atoms with E-state index in [1.165, 1.54) is 13.2 Å². The van der Waals surface area contributed by atoms with Gasteiger partial charge in [0, 0.05) is 18.5 Å². The van der Waals surface area contributed by atoms with Gasteiger partial charge in [0.05, 0.1) is 48.1 Å². The van der Waals surface area contributed by atoms with Crippen molar-refractivity contribution in [2.45, 2.75) is 19.6 Å². The third-order valence-corrected chi connectivity index (χ3v) is 5.50. The Morgan fingerprint density at radius 1 is 1.25 bits per heavy atom. The number of nitro benzene ring substituents is 1. The lowest BCUT2D eigenvalue weighted by Crippen LogP contribution is -2.46. The molecule has 0 aliphatic carbocycles. The molecule has 1 saturated heterocycles. The highest BCUT2D eigenvalue weighted by Gasteiger charge is 2.25. The number of benzene rings is 2. The maximum atomic E-state index is 11.8. The molecule has 0 amide bonds. The average Bonchev–Trinajstić information content (AvgIpc) is 3.24. The number of ether oxygens (including phenoxy) is 3. The van der Waals surface area contributed by atoms with Gasteiger partial charge in [0.25, 0.3) is 5.69 Å². The fourth-order valence-electron chi connectivity index (χ4n) is 3.82. The van der Waals surface area contributed by atoms with Crippen LogP contribution in [0.3, 0.4) is 0 Å². The van der Waals surface area contributed by atoms with E-state index in [1.54, 1.807) is 18.2 Å². The van der Waals surface area contributed by atoms with E-state index in [9.17, 15) is 10.1 Å². The number of morpholine rings is 1. The minimum Gasteiger partial charge on any atom is -0.493 e. The largest absolute Gasteiger partial charge is 0.493 e. The van der Waals surface area contributed by atoms with Gasteiger partial charge < -0.3 is 14.2 Å². The fourth-order valence-corrected chi connectivity index (χ4v) is 3.82. The van der Waals surface area contributed by atoms with Crippen LogP contribution in [0.5, 0.6) is 11.5 Å². The van der Waals surface area contributed by atoms with Crippen LogP contribution in [0.1, 0.15) is 24.6 Å². The van der Waals surface area contributed by atoms with Crippen LogP contribution < -0.4 is 9.47 Å². The highest BCUT2D eigenvalue weighted by molar-refractivity contribution is 5.90. The number of nitrogens with one attached hydrogen (secondary N) is 1. The minimum atomic E-state index is -0.412. The van der Waals surface area contributed by atoms with E-state index in [0.717, 1.165) is 30.4 Å². The maximum absolute atomic E-state index is 11.8. The second-order valence-electron chi connectivity index (χ2n) is 7.44. The molecule has 1 aliphatic heterocycles. The van der Waals surface area contributed by atoms with Crippen LogP contribution in [0, 0.1) is 10.1 Å². The molecule has 9 heteroatoms. The van der Waals surface area contributed by atoms with Gasteiger partial charge in [-0.05, 0) is 30.7 Å². The van der Waals surface area contributed by atoms with Crippen molar-refractivity contribution in [1.82, 2.24) is 15.1 Å². The molecule has 0 radical (unpaired) electrons. The monoisotopic (exact) mass is 438 g/mol. The van der Waals surface area contributed by atoms with Crippen LogP contribution in [-0.4, -0.2) is 59.7 Å². The van der Waals surface area contributed by atoms with Crippen LogP contribution in [0.25, 0.3) is 23.1 Å². The van der Waals surface area contributed by atoms with Gasteiger partial charge in [-0.1, -0.05) is 25.1 Å². The molecule has 2 aromatic carbocycles. The highest BCUT2D eigenvalue weighted by atomic mass is 16.6. The van der Waals surface area contributed by atoms with Crippen molar-refractivity contribution in [2.24, 2.45) is 0 Å². The smallest absolute Gasteiger partial charge is 0.280 e. The molecule has 1 fully saturated rings. The molecule has 1 aliphatic rings. The Bertz CT molecular complexity index is 1120. The first-order chi connectivity index (χ1) is 15.6. The normalized spacial score (nSPS) is 15.8. The topological polar surface area (TPSA) is 103 Å². The fraction of sp³-hybridized carbons (Fsp3) is 0.348. The summed E-state index contributed by atoms with van der Waals surface area (Å²) < 4.78 is 17.1. The zero-order chi connectivity index (χ0) is 22.5. The number of fused-ring (bicyclic) bond motifs is 1. The van der Waals surface area contributed by atoms with Crippen molar-refractivity contribution in [3.05, 3.63) is 57.8 Å². The van der Waals surface area contributed by atoms with E-state index >= 15 is 0 Å². The Hall–Kier alpha value is -3.43. The minimum absolute atomic E-state index is 0.0614. The predicted molar refractivity (Wildman–Crippen MR) is 122 cm³/mol. The summed E-state index contributed by atoms with van der Waals surface area (Å²) in [5, 5.41) is 20.0. The number of H-pyrrole nitrogens is 1. The Morgan fingerprint density at radius 3 is 2.75 bits per heavy atom. The number of rotatable bonds is 8. The number of para-hydroxylation sites is 1. The van der Waals surface area contributed by atoms with Crippen LogP contribution >= 0.6 is 0 Å². The van der Waals surface area contributed by atoms with Crippen molar-refractivity contribution in [3.63, 3.8) is 0 Å². The lowest BCUT2D eigenvalue weighted by Gasteiger charge is -2.34. The molecule has 168 valence electrons. The van der Waals surface area contributed by atoms with Crippen molar-refractivity contribution in [2.75, 3.05) is 33.4 Å². The number of aromatic nitrogens is 2. The summed E-state index contributed by atoms with van der Waals surface area (Å²) >= 11 is 0. The molecule has 2 heterocycles. The van der Waals surface area contributed by atoms with Gasteiger partial charge in [0.15, 0.2) is 17.7 Å². The number of methoxy groups -OCH3 is 1. The summed E-state index contributed by atoms with van der Waals surface area (Å²) in [6.45, 7) is 4.81. The zero-order valence-electron chi connectivity index (χ0n) is 18.1. The summed E-state index contributed by atoms with van der Waals surface area (Å²) in [4.78, 5) is 13.6. The standard InChI is InChI=1S/C23H26N4O5/c1-3-23(26-10-12-31-13-11-26)32-22-15-20(27(28)29)16(14-21(22)30-2)8-9-19-17-6-4-5-7-18(17)24-25-19/h4-9,14-15,23H,3,10-13H2,1-2H3,(H,24,25)/b9-8+. The SMILES string of the molecule is CCC(Oc1cc([N+](=O)[O-])c(/C=C/c2n[nH]c3ccccc23)cc1OC)N1CCOCC1. The first-order valence-electron chi connectivity index (χ1n) is 10.6. The summed E-state index contributed by atoms with van der Waals surface area (Å²) in [5.41, 5.74) is 1.95. The molecule has 1 atom stereocenters. The van der Waals surface area contributed by atoms with Gasteiger partial charge in [0.1, 0.15) is 0 Å². The van der Waals surface area contributed by atoms with Crippen LogP contribution in [-0.2, 0) is 4.74 Å². The zero-order valence-corrected chi connectivity index (χ0v) is 18.1. The molecule has 32 heavy (non-hydrogen) atoms. The van der Waals surface area contributed by atoms with Crippen molar-refractivity contribution >= 4 is 28.7 Å². The van der Waals surface area contributed by atoms with Gasteiger partial charge >= 0.3 is 0 Å². The van der Waals surface area contributed by atoms with Gasteiger partial charge in [0.2, 0.25) is 0 Å². The third kappa shape index (κ3) is 4.58. The van der Waals surface area contributed by atoms with Gasteiger partial charge in [-0.15, -0.1) is 0 Å². The first kappa shape index (κ1) is 21.8. The predicted octanol–water partition coefficient (Wildman–Crippen LogP) is 4.10. The van der Waals surface area contributed by atoms with Crippen molar-refractivity contribution in [1.29, 1.82) is 0 Å². The van der Waals surface area contributed by atoms with Crippen LogP contribution in [0.15, 0.2) is 36.4 Å². The Morgan fingerprint density at radius 2 is 2.03 bits per heavy atom. The number of nitrogens with zero attached hydrogens (tertiary/aromatic N) is 3. The molecule has 1 N–H and O–H groups in total. The quantitative estimate of drug-likeness (QED) is 0.417. The van der Waals surface area contributed by atoms with E-state index in [4.69, 9.17) is 14.2 Å². The molecule has 4 rings (SSSR count). The van der Waals surface area contributed by atoms with Crippen molar-refractivity contribution in [3.8, 4) is 11.5 Å². The van der Waals surface area contributed by atoms with E-state index in [-0.39, 0.29) is 11.9 Å². The molecule has 0 saturated carbocycles. The van der Waals surface area contributed by atoms with E-state index in [2.05, 4.69) is 15.1 Å². The van der Waals surface area contributed by atoms with Gasteiger partial charge in [-0.2, -0.15) is 5.10 Å². The van der Waals surface area contributed by atoms with Crippen LogP contribution in [0.4, 0.5) is 5.69 Å². The Balaban J connectivity index is 1.65. The number of nitro groups is 1. The maximum Gasteiger partial charge on any atom is 0.280 e. The molecule has 0 bridgehead atoms. The summed E-state index contributed by atoms with van der Waals surface area (Å²) in [7, 11) is 1.53. The van der Waals surface area contributed by atoms with E-state index in [0.29, 0.717) is 36.0 Å². The highest BCUT2D eigenvalue weighted by Crippen LogP contribution is 2.37. The van der Waals surface area contributed by atoms with Gasteiger partial charge in [-0.25, -0.2) is 0 Å². The molecule has 3 aromatic rings. The lowest BCUT2D eigenvalue weighted by molar-refractivity contribution is -0.385. The summed E-state index contributed by atoms with van der Waals surface area (Å²) in [6.07, 6.45) is 3.94. The summed E-state index contributed by atoms with van der Waals surface area (Å²) in [6, 6.07) is 10.8. The number of hydrogen-bond donors (Lipinski definition) is 1. The molecule has 9 nitrogen and oxygen atoms in total. The lowest BCUT2D eigenvalue weighted by atomic mass is 10.1. The van der Waals surface area contributed by atoms with E-state index in [1.807, 2.05) is 31.2 Å². The second-order valence-corrected chi connectivity index (χ2v) is 7.44. The summed E-state index contributed by atoms with van der Waals surface area (Å²) in [5.74, 6) is 0.786. The molecule has 0 spiro atoms. The number of aromatic amines is 1. The van der Waals surface area contributed by atoms with E-state index < -0.39 is 4.92 Å². The van der Waals surface area contributed by atoms with Crippen molar-refractivity contribution < 1.29 is 19.1 Å². The second kappa shape index (κ2) is 9.80. The molecular formula is C23H26N4O5. The molecule has 1 aromatic heterocycles. The Kier molecular flexibility index (Phi) is 6.67. The van der Waals surface area contributed by atoms with Gasteiger partial charge in [-0.3, -0.25) is 20.1 Å². The average molecular weight is 438 g/mol. The third-order valence-electron chi connectivity index (χ3n) is 5.50. The Labute approximate surface area is 185 Å².